The molecule has 3 N–H and O–H groups in total. The molecular formula is C11H15N5O2. The molecule has 0 aliphatic carbocycles. The Morgan fingerprint density at radius 1 is 1.44 bits per heavy atom. The fourth-order valence-corrected chi connectivity index (χ4v) is 2.28. The maximum atomic E-state index is 9.03. The van der Waals surface area contributed by atoms with Crippen LogP contribution < -0.4 is 5.73 Å². The lowest BCUT2D eigenvalue weighted by molar-refractivity contribution is -0.0404. The maximum absolute atomic E-state index is 9.03. The van der Waals surface area contributed by atoms with Crippen LogP contribution in [0.2, 0.25) is 0 Å². The summed E-state index contributed by atoms with van der Waals surface area (Å²) in [4.78, 5) is 8.16. The number of anilines is 1. The lowest BCUT2D eigenvalue weighted by Crippen LogP contribution is -2.30. The second-order valence-corrected chi connectivity index (χ2v) is 4.45. The predicted molar refractivity (Wildman–Crippen MR) is 64.8 cm³/mol. The van der Waals surface area contributed by atoms with Crippen LogP contribution in [0.3, 0.4) is 0 Å². The molecule has 96 valence electrons. The first-order valence-corrected chi connectivity index (χ1v) is 5.95. The average molecular weight is 249 g/mol. The van der Waals surface area contributed by atoms with Crippen LogP contribution in [-0.4, -0.2) is 44.2 Å². The summed E-state index contributed by atoms with van der Waals surface area (Å²) < 4.78 is 7.39. The van der Waals surface area contributed by atoms with E-state index >= 15 is 0 Å². The third kappa shape index (κ3) is 1.81. The number of aromatic nitrogens is 4. The Labute approximate surface area is 104 Å². The van der Waals surface area contributed by atoms with Crippen molar-refractivity contribution in [2.24, 2.45) is 0 Å². The van der Waals surface area contributed by atoms with Crippen molar-refractivity contribution in [3.63, 3.8) is 0 Å². The molecule has 1 aliphatic rings. The van der Waals surface area contributed by atoms with E-state index in [1.807, 2.05) is 4.68 Å². The van der Waals surface area contributed by atoms with E-state index in [-0.39, 0.29) is 18.8 Å². The minimum Gasteiger partial charge on any atom is -0.394 e. The summed E-state index contributed by atoms with van der Waals surface area (Å²) in [6, 6.07) is 0.139. The Hall–Kier alpha value is -1.73. The van der Waals surface area contributed by atoms with Crippen molar-refractivity contribution < 1.29 is 9.84 Å². The van der Waals surface area contributed by atoms with Crippen LogP contribution in [0.1, 0.15) is 18.9 Å². The van der Waals surface area contributed by atoms with Crippen molar-refractivity contribution in [2.45, 2.75) is 25.0 Å². The van der Waals surface area contributed by atoms with E-state index < -0.39 is 0 Å². The van der Waals surface area contributed by atoms with Crippen LogP contribution in [0.25, 0.3) is 11.0 Å². The van der Waals surface area contributed by atoms with E-state index in [1.165, 1.54) is 6.33 Å². The Balaban J connectivity index is 1.89. The summed E-state index contributed by atoms with van der Waals surface area (Å²) in [6.45, 7) is 0.605. The first-order valence-electron chi connectivity index (χ1n) is 5.95. The molecule has 2 unspecified atom stereocenters. The van der Waals surface area contributed by atoms with Gasteiger partial charge in [-0.1, -0.05) is 0 Å². The summed E-state index contributed by atoms with van der Waals surface area (Å²) >= 11 is 0. The van der Waals surface area contributed by atoms with Gasteiger partial charge in [0.1, 0.15) is 12.1 Å². The highest BCUT2D eigenvalue weighted by Gasteiger charge is 2.24. The number of hydrogen-bond acceptors (Lipinski definition) is 6. The van der Waals surface area contributed by atoms with Gasteiger partial charge in [0.2, 0.25) is 0 Å². The van der Waals surface area contributed by atoms with E-state index in [2.05, 4.69) is 15.1 Å². The SMILES string of the molecule is Nc1ncnc2c1cnn2C1CCC(CO)OC1. The summed E-state index contributed by atoms with van der Waals surface area (Å²) in [5.41, 5.74) is 6.51. The monoisotopic (exact) mass is 249 g/mol. The largest absolute Gasteiger partial charge is 0.394 e. The second-order valence-electron chi connectivity index (χ2n) is 4.45. The van der Waals surface area contributed by atoms with Gasteiger partial charge in [-0.15, -0.1) is 0 Å². The topological polar surface area (TPSA) is 99.1 Å². The smallest absolute Gasteiger partial charge is 0.163 e. The fraction of sp³-hybridized carbons (Fsp3) is 0.545. The number of nitrogens with two attached hydrogens (primary N) is 1. The fourth-order valence-electron chi connectivity index (χ4n) is 2.28. The van der Waals surface area contributed by atoms with E-state index in [1.54, 1.807) is 6.20 Å². The highest BCUT2D eigenvalue weighted by molar-refractivity contribution is 5.84. The van der Waals surface area contributed by atoms with Gasteiger partial charge in [-0.3, -0.25) is 0 Å². The Morgan fingerprint density at radius 3 is 3.06 bits per heavy atom. The van der Waals surface area contributed by atoms with Crippen LogP contribution in [0, 0.1) is 0 Å². The summed E-state index contributed by atoms with van der Waals surface area (Å²) in [5, 5.41) is 14.1. The van der Waals surface area contributed by atoms with Crippen molar-refractivity contribution in [1.82, 2.24) is 19.7 Å². The summed E-state index contributed by atoms with van der Waals surface area (Å²) in [5.74, 6) is 0.441. The van der Waals surface area contributed by atoms with Gasteiger partial charge >= 0.3 is 0 Å². The Bertz CT molecular complexity index is 547. The third-order valence-electron chi connectivity index (χ3n) is 3.32. The van der Waals surface area contributed by atoms with Crippen LogP contribution >= 0.6 is 0 Å². The number of fused-ring (bicyclic) bond motifs is 1. The molecule has 2 aromatic rings. The lowest BCUT2D eigenvalue weighted by Gasteiger charge is -2.28. The number of hydrogen-bond donors (Lipinski definition) is 2. The lowest BCUT2D eigenvalue weighted by atomic mass is 10.1. The van der Waals surface area contributed by atoms with Crippen molar-refractivity contribution in [1.29, 1.82) is 0 Å². The maximum Gasteiger partial charge on any atom is 0.163 e. The molecule has 0 radical (unpaired) electrons. The standard InChI is InChI=1S/C11H15N5O2/c12-10-9-3-15-16(11(9)14-6-13-10)7-1-2-8(4-17)18-5-7/h3,6-8,17H,1-2,4-5H2,(H2,12,13,14). The van der Waals surface area contributed by atoms with E-state index in [9.17, 15) is 0 Å². The van der Waals surface area contributed by atoms with Gasteiger partial charge in [-0.05, 0) is 12.8 Å². The normalized spacial score (nSPS) is 24.5. The van der Waals surface area contributed by atoms with Gasteiger partial charge in [-0.25, -0.2) is 14.6 Å². The summed E-state index contributed by atoms with van der Waals surface area (Å²) in [6.07, 6.45) is 4.80. The molecule has 1 aliphatic heterocycles. The second kappa shape index (κ2) is 4.51. The first kappa shape index (κ1) is 11.4. The van der Waals surface area contributed by atoms with E-state index in [0.29, 0.717) is 12.4 Å². The predicted octanol–water partition coefficient (Wildman–Crippen LogP) is 0.121. The van der Waals surface area contributed by atoms with Crippen LogP contribution in [-0.2, 0) is 4.74 Å². The third-order valence-corrected chi connectivity index (χ3v) is 3.32. The molecule has 0 aromatic carbocycles. The van der Waals surface area contributed by atoms with Crippen LogP contribution in [0.15, 0.2) is 12.5 Å². The molecule has 0 amide bonds. The molecule has 0 bridgehead atoms. The van der Waals surface area contributed by atoms with E-state index in [0.717, 1.165) is 23.9 Å². The van der Waals surface area contributed by atoms with Crippen molar-refractivity contribution >= 4 is 16.9 Å². The zero-order valence-electron chi connectivity index (χ0n) is 9.86. The quantitative estimate of drug-likeness (QED) is 0.784. The van der Waals surface area contributed by atoms with Crippen molar-refractivity contribution in [3.8, 4) is 0 Å². The minimum atomic E-state index is -0.0530. The summed E-state index contributed by atoms with van der Waals surface area (Å²) in [7, 11) is 0. The molecule has 2 atom stereocenters. The van der Waals surface area contributed by atoms with Gasteiger partial charge in [0.15, 0.2) is 5.65 Å². The van der Waals surface area contributed by atoms with Crippen LogP contribution in [0.4, 0.5) is 5.82 Å². The zero-order valence-corrected chi connectivity index (χ0v) is 9.86. The molecular weight excluding hydrogens is 234 g/mol. The molecule has 0 saturated carbocycles. The number of nitrogen functional groups attached to an aromatic ring is 1. The molecule has 0 spiro atoms. The highest BCUT2D eigenvalue weighted by Crippen LogP contribution is 2.26. The first-order chi connectivity index (χ1) is 8.79. The average Bonchev–Trinajstić information content (AvgIpc) is 2.84. The number of nitrogens with zero attached hydrogens (tertiary/aromatic N) is 4. The molecule has 18 heavy (non-hydrogen) atoms. The number of aliphatic hydroxyl groups excluding tert-OH is 1. The molecule has 3 heterocycles. The number of ether oxygens (including phenoxy) is 1. The van der Waals surface area contributed by atoms with Gasteiger partial charge in [-0.2, -0.15) is 5.10 Å². The van der Waals surface area contributed by atoms with Gasteiger partial charge < -0.3 is 15.6 Å². The van der Waals surface area contributed by atoms with Gasteiger partial charge in [0, 0.05) is 0 Å². The van der Waals surface area contributed by atoms with Crippen LogP contribution in [0.5, 0.6) is 0 Å². The highest BCUT2D eigenvalue weighted by atomic mass is 16.5. The van der Waals surface area contributed by atoms with Crippen molar-refractivity contribution in [2.75, 3.05) is 18.9 Å². The molecule has 1 saturated heterocycles. The molecule has 7 nitrogen and oxygen atoms in total. The molecule has 1 fully saturated rings. The van der Waals surface area contributed by atoms with Gasteiger partial charge in [0.05, 0.1) is 36.9 Å². The molecule has 3 rings (SSSR count). The zero-order chi connectivity index (χ0) is 12.5. The van der Waals surface area contributed by atoms with E-state index in [4.69, 9.17) is 15.6 Å². The molecule has 2 aromatic heterocycles. The number of rotatable bonds is 2. The Morgan fingerprint density at radius 2 is 2.33 bits per heavy atom. The molecule has 7 heteroatoms. The van der Waals surface area contributed by atoms with Crippen molar-refractivity contribution in [3.05, 3.63) is 12.5 Å². The number of aliphatic hydroxyl groups is 1. The minimum absolute atomic E-state index is 0.0530. The Kier molecular flexibility index (Phi) is 2.85. The van der Waals surface area contributed by atoms with Gasteiger partial charge in [0.25, 0.3) is 0 Å².